The minimum atomic E-state index is 0.661. The molecule has 0 atom stereocenters. The van der Waals surface area contributed by atoms with Crippen molar-refractivity contribution in [2.45, 2.75) is 26.3 Å². The highest BCUT2D eigenvalue weighted by Crippen LogP contribution is 2.16. The van der Waals surface area contributed by atoms with Crippen LogP contribution in [0, 0.1) is 4.77 Å². The Bertz CT molecular complexity index is 547. The first-order valence-corrected chi connectivity index (χ1v) is 7.02. The summed E-state index contributed by atoms with van der Waals surface area (Å²) in [5, 5.41) is 7.17. The molecular formula is C14H19N3OS. The summed E-state index contributed by atoms with van der Waals surface area (Å²) in [6.45, 7) is 4.51. The van der Waals surface area contributed by atoms with E-state index in [1.165, 1.54) is 0 Å². The van der Waals surface area contributed by atoms with Gasteiger partial charge >= 0.3 is 0 Å². The van der Waals surface area contributed by atoms with Gasteiger partial charge in [-0.25, -0.2) is 0 Å². The second kappa shape index (κ2) is 7.21. The predicted octanol–water partition coefficient (Wildman–Crippen LogP) is 3.42. The molecule has 4 nitrogen and oxygen atoms in total. The van der Waals surface area contributed by atoms with Crippen LogP contribution < -0.4 is 0 Å². The zero-order valence-corrected chi connectivity index (χ0v) is 11.9. The van der Waals surface area contributed by atoms with Gasteiger partial charge in [0.2, 0.25) is 0 Å². The first-order valence-electron chi connectivity index (χ1n) is 6.61. The van der Waals surface area contributed by atoms with Crippen LogP contribution in [-0.4, -0.2) is 28.0 Å². The van der Waals surface area contributed by atoms with Crippen LogP contribution in [-0.2, 0) is 11.3 Å². The van der Waals surface area contributed by atoms with Crippen molar-refractivity contribution in [2.24, 2.45) is 0 Å². The van der Waals surface area contributed by atoms with E-state index in [0.29, 0.717) is 4.77 Å². The second-order valence-corrected chi connectivity index (χ2v) is 4.72. The molecule has 0 saturated heterocycles. The van der Waals surface area contributed by atoms with E-state index in [0.717, 1.165) is 44.0 Å². The molecule has 0 spiro atoms. The van der Waals surface area contributed by atoms with Crippen LogP contribution in [0.4, 0.5) is 0 Å². The molecule has 0 unspecified atom stereocenters. The second-order valence-electron chi connectivity index (χ2n) is 4.34. The van der Waals surface area contributed by atoms with Crippen molar-refractivity contribution in [3.05, 3.63) is 35.1 Å². The molecule has 0 radical (unpaired) electrons. The number of hydrogen-bond acceptors (Lipinski definition) is 3. The number of nitrogens with one attached hydrogen (secondary N) is 1. The molecule has 1 aromatic carbocycles. The smallest absolute Gasteiger partial charge is 0.195 e. The summed E-state index contributed by atoms with van der Waals surface area (Å²) >= 11 is 5.28. The first kappa shape index (κ1) is 14.0. The summed E-state index contributed by atoms with van der Waals surface area (Å²) in [6.07, 6.45) is 1.99. The Labute approximate surface area is 118 Å². The number of hydrogen-bond donors (Lipinski definition) is 1. The lowest BCUT2D eigenvalue weighted by Crippen LogP contribution is -2.05. The molecule has 1 aromatic heterocycles. The van der Waals surface area contributed by atoms with Gasteiger partial charge in [0.25, 0.3) is 0 Å². The molecule has 2 rings (SSSR count). The lowest BCUT2D eigenvalue weighted by molar-refractivity contribution is 0.129. The minimum absolute atomic E-state index is 0.661. The molecule has 1 heterocycles. The van der Waals surface area contributed by atoms with E-state index >= 15 is 0 Å². The van der Waals surface area contributed by atoms with Crippen molar-refractivity contribution in [1.82, 2.24) is 14.8 Å². The lowest BCUT2D eigenvalue weighted by Gasteiger charge is -2.07. The monoisotopic (exact) mass is 277 g/mol. The molecule has 0 amide bonds. The highest BCUT2D eigenvalue weighted by Gasteiger charge is 2.07. The molecule has 0 aliphatic heterocycles. The highest BCUT2D eigenvalue weighted by atomic mass is 32.1. The fraction of sp³-hybridized carbons (Fsp3) is 0.429. The van der Waals surface area contributed by atoms with Gasteiger partial charge in [-0.05, 0) is 25.1 Å². The van der Waals surface area contributed by atoms with Gasteiger partial charge < -0.3 is 9.30 Å². The van der Waals surface area contributed by atoms with Crippen molar-refractivity contribution < 1.29 is 4.74 Å². The third-order valence-corrected chi connectivity index (χ3v) is 3.12. The highest BCUT2D eigenvalue weighted by molar-refractivity contribution is 7.71. The summed E-state index contributed by atoms with van der Waals surface area (Å²) in [6, 6.07) is 10.1. The van der Waals surface area contributed by atoms with Crippen LogP contribution in [0.3, 0.4) is 0 Å². The van der Waals surface area contributed by atoms with Crippen LogP contribution >= 0.6 is 12.2 Å². The Morgan fingerprint density at radius 1 is 1.26 bits per heavy atom. The van der Waals surface area contributed by atoms with Gasteiger partial charge in [0.15, 0.2) is 10.6 Å². The Kier molecular flexibility index (Phi) is 5.30. The van der Waals surface area contributed by atoms with Gasteiger partial charge in [0.05, 0.1) is 0 Å². The van der Waals surface area contributed by atoms with E-state index in [1.807, 2.05) is 34.9 Å². The molecule has 0 saturated carbocycles. The van der Waals surface area contributed by atoms with E-state index in [-0.39, 0.29) is 0 Å². The molecule has 102 valence electrons. The zero-order chi connectivity index (χ0) is 13.5. The largest absolute Gasteiger partial charge is 0.381 e. The van der Waals surface area contributed by atoms with E-state index in [9.17, 15) is 0 Å². The first-order chi connectivity index (χ1) is 9.33. The quantitative estimate of drug-likeness (QED) is 0.623. The van der Waals surface area contributed by atoms with Gasteiger partial charge in [0, 0.05) is 25.3 Å². The number of benzene rings is 1. The van der Waals surface area contributed by atoms with E-state index in [1.54, 1.807) is 0 Å². The summed E-state index contributed by atoms with van der Waals surface area (Å²) in [5.74, 6) is 0.890. The Morgan fingerprint density at radius 3 is 2.79 bits per heavy atom. The van der Waals surface area contributed by atoms with Crippen LogP contribution in [0.1, 0.15) is 19.8 Å². The summed E-state index contributed by atoms with van der Waals surface area (Å²) in [5.41, 5.74) is 1.07. The Hall–Kier alpha value is -1.46. The van der Waals surface area contributed by atoms with Crippen molar-refractivity contribution in [2.75, 3.05) is 13.2 Å². The van der Waals surface area contributed by atoms with Crippen molar-refractivity contribution in [3.8, 4) is 11.4 Å². The topological polar surface area (TPSA) is 42.8 Å². The number of ether oxygens (including phenoxy) is 1. The molecule has 5 heteroatoms. The van der Waals surface area contributed by atoms with Gasteiger partial charge in [0.1, 0.15) is 0 Å². The maximum atomic E-state index is 5.49. The molecule has 1 N–H and O–H groups in total. The summed E-state index contributed by atoms with van der Waals surface area (Å²) < 4.78 is 8.18. The normalized spacial score (nSPS) is 10.8. The molecule has 0 bridgehead atoms. The lowest BCUT2D eigenvalue weighted by atomic mass is 10.2. The minimum Gasteiger partial charge on any atom is -0.381 e. The third-order valence-electron chi connectivity index (χ3n) is 2.81. The fourth-order valence-electron chi connectivity index (χ4n) is 1.90. The standard InChI is InChI=1S/C14H19N3OS/c1-2-10-18-11-6-9-17-13(15-16-14(17)19)12-7-4-3-5-8-12/h3-5,7-8H,2,6,9-11H2,1H3,(H,16,19). The molecule has 19 heavy (non-hydrogen) atoms. The van der Waals surface area contributed by atoms with Crippen molar-refractivity contribution in [1.29, 1.82) is 0 Å². The molecule has 0 fully saturated rings. The third kappa shape index (κ3) is 3.75. The average Bonchev–Trinajstić information content (AvgIpc) is 2.81. The number of nitrogens with zero attached hydrogens (tertiary/aromatic N) is 2. The number of H-pyrrole nitrogens is 1. The maximum Gasteiger partial charge on any atom is 0.195 e. The fourth-order valence-corrected chi connectivity index (χ4v) is 2.13. The predicted molar refractivity (Wildman–Crippen MR) is 78.6 cm³/mol. The van der Waals surface area contributed by atoms with Crippen LogP contribution in [0.5, 0.6) is 0 Å². The van der Waals surface area contributed by atoms with Crippen LogP contribution in [0.15, 0.2) is 30.3 Å². The summed E-state index contributed by atoms with van der Waals surface area (Å²) in [7, 11) is 0. The van der Waals surface area contributed by atoms with Gasteiger partial charge in [-0.1, -0.05) is 37.3 Å². The Balaban J connectivity index is 2.04. The van der Waals surface area contributed by atoms with E-state index in [2.05, 4.69) is 17.1 Å². The average molecular weight is 277 g/mol. The molecule has 2 aromatic rings. The Morgan fingerprint density at radius 2 is 2.05 bits per heavy atom. The van der Waals surface area contributed by atoms with Gasteiger partial charge in [-0.2, -0.15) is 5.10 Å². The van der Waals surface area contributed by atoms with E-state index < -0.39 is 0 Å². The zero-order valence-electron chi connectivity index (χ0n) is 11.1. The van der Waals surface area contributed by atoms with Crippen molar-refractivity contribution in [3.63, 3.8) is 0 Å². The molecule has 0 aliphatic rings. The van der Waals surface area contributed by atoms with Gasteiger partial charge in [-0.15, -0.1) is 0 Å². The summed E-state index contributed by atoms with van der Waals surface area (Å²) in [4.78, 5) is 0. The number of aromatic amines is 1. The molecule has 0 aliphatic carbocycles. The number of aromatic nitrogens is 3. The van der Waals surface area contributed by atoms with Crippen molar-refractivity contribution >= 4 is 12.2 Å². The molecular weight excluding hydrogens is 258 g/mol. The maximum absolute atomic E-state index is 5.49. The number of rotatable bonds is 7. The SMILES string of the molecule is CCCOCCCn1c(-c2ccccc2)n[nH]c1=S. The van der Waals surface area contributed by atoms with Crippen LogP contribution in [0.25, 0.3) is 11.4 Å². The van der Waals surface area contributed by atoms with Gasteiger partial charge in [-0.3, -0.25) is 5.10 Å². The van der Waals surface area contributed by atoms with Crippen LogP contribution in [0.2, 0.25) is 0 Å². The van der Waals surface area contributed by atoms with E-state index in [4.69, 9.17) is 17.0 Å².